The van der Waals surface area contributed by atoms with Gasteiger partial charge in [0.2, 0.25) is 5.88 Å². The molecule has 0 atom stereocenters. The lowest BCUT2D eigenvalue weighted by molar-refractivity contribution is 0.102. The number of imidazole rings is 1. The van der Waals surface area contributed by atoms with Crippen molar-refractivity contribution in [3.63, 3.8) is 0 Å². The first kappa shape index (κ1) is 17.3. The number of nitrogens with zero attached hydrogens (tertiary/aromatic N) is 7. The predicted octanol–water partition coefficient (Wildman–Crippen LogP) is 2.14. The Morgan fingerprint density at radius 3 is 2.64 bits per heavy atom. The van der Waals surface area contributed by atoms with E-state index >= 15 is 0 Å². The molecule has 0 saturated heterocycles. The number of aryl methyl sites for hydroxylation is 2. The van der Waals surface area contributed by atoms with Gasteiger partial charge in [0.05, 0.1) is 6.20 Å². The summed E-state index contributed by atoms with van der Waals surface area (Å²) in [4.78, 5) is 24.6. The van der Waals surface area contributed by atoms with Crippen LogP contribution in [0.1, 0.15) is 16.3 Å². The molecular weight excluding hydrogens is 360 g/mol. The zero-order valence-electron chi connectivity index (χ0n) is 15.1. The van der Waals surface area contributed by atoms with Gasteiger partial charge in [-0.2, -0.15) is 0 Å². The molecule has 28 heavy (non-hydrogen) atoms. The van der Waals surface area contributed by atoms with Gasteiger partial charge in [-0.15, -0.1) is 5.10 Å². The van der Waals surface area contributed by atoms with Gasteiger partial charge < -0.3 is 10.1 Å². The Bertz CT molecular complexity index is 1120. The summed E-state index contributed by atoms with van der Waals surface area (Å²) in [6.07, 6.45) is 6.49. The highest BCUT2D eigenvalue weighted by molar-refractivity contribution is 6.02. The fraction of sp³-hybridized carbons (Fsp3) is 0.111. The van der Waals surface area contributed by atoms with Gasteiger partial charge in [0.25, 0.3) is 5.91 Å². The van der Waals surface area contributed by atoms with Crippen LogP contribution in [0.2, 0.25) is 0 Å². The van der Waals surface area contributed by atoms with Gasteiger partial charge in [-0.1, -0.05) is 5.21 Å². The number of amides is 1. The summed E-state index contributed by atoms with van der Waals surface area (Å²) < 4.78 is 9.08. The molecule has 0 fully saturated rings. The van der Waals surface area contributed by atoms with Crippen LogP contribution in [0, 0.1) is 6.92 Å². The van der Waals surface area contributed by atoms with Gasteiger partial charge in [-0.05, 0) is 31.2 Å². The standard InChI is InChI=1S/C18H16N8O2/c1-12-19-7-8-26(12)16-9-17(21-11-20-16)28-14-5-3-13(4-6-14)22-18(27)15-10-25(2)24-23-15/h3-11H,1-2H3,(H,22,27). The first-order valence-electron chi connectivity index (χ1n) is 8.36. The molecular formula is C18H16N8O2. The number of nitrogens with one attached hydrogen (secondary N) is 1. The van der Waals surface area contributed by atoms with Crippen LogP contribution in [0.15, 0.2) is 55.2 Å². The van der Waals surface area contributed by atoms with Crippen LogP contribution in [-0.2, 0) is 7.05 Å². The van der Waals surface area contributed by atoms with Gasteiger partial charge in [-0.25, -0.2) is 15.0 Å². The van der Waals surface area contributed by atoms with E-state index in [1.54, 1.807) is 49.8 Å². The summed E-state index contributed by atoms with van der Waals surface area (Å²) in [5.74, 6) is 2.11. The summed E-state index contributed by atoms with van der Waals surface area (Å²) in [5, 5.41) is 10.3. The third kappa shape index (κ3) is 3.70. The van der Waals surface area contributed by atoms with Crippen LogP contribution in [0.4, 0.5) is 5.69 Å². The normalized spacial score (nSPS) is 10.6. The number of carbonyl (C=O) groups is 1. The summed E-state index contributed by atoms with van der Waals surface area (Å²) in [7, 11) is 1.70. The Kier molecular flexibility index (Phi) is 4.50. The van der Waals surface area contributed by atoms with E-state index in [1.165, 1.54) is 11.0 Å². The molecule has 0 bridgehead atoms. The van der Waals surface area contributed by atoms with Crippen molar-refractivity contribution in [3.8, 4) is 17.4 Å². The number of rotatable bonds is 5. The SMILES string of the molecule is Cc1nccn1-c1cc(Oc2ccc(NC(=O)c3cn(C)nn3)cc2)ncn1. The summed E-state index contributed by atoms with van der Waals surface area (Å²) in [6, 6.07) is 8.64. The smallest absolute Gasteiger partial charge is 0.277 e. The molecule has 10 nitrogen and oxygen atoms in total. The van der Waals surface area contributed by atoms with E-state index in [0.29, 0.717) is 23.1 Å². The van der Waals surface area contributed by atoms with Crippen molar-refractivity contribution in [1.29, 1.82) is 0 Å². The highest BCUT2D eigenvalue weighted by Gasteiger charge is 2.10. The fourth-order valence-corrected chi connectivity index (χ4v) is 2.51. The third-order valence-electron chi connectivity index (χ3n) is 3.87. The first-order chi connectivity index (χ1) is 13.6. The van der Waals surface area contributed by atoms with Crippen LogP contribution in [0.5, 0.6) is 11.6 Å². The molecule has 0 aliphatic rings. The molecule has 0 radical (unpaired) electrons. The maximum Gasteiger partial charge on any atom is 0.277 e. The minimum atomic E-state index is -0.335. The highest BCUT2D eigenvalue weighted by atomic mass is 16.5. The number of carbonyl (C=O) groups excluding carboxylic acids is 1. The van der Waals surface area contributed by atoms with E-state index in [-0.39, 0.29) is 11.6 Å². The zero-order chi connectivity index (χ0) is 19.5. The fourth-order valence-electron chi connectivity index (χ4n) is 2.51. The highest BCUT2D eigenvalue weighted by Crippen LogP contribution is 2.22. The second kappa shape index (κ2) is 7.27. The van der Waals surface area contributed by atoms with Gasteiger partial charge in [0, 0.05) is 31.2 Å². The average molecular weight is 376 g/mol. The van der Waals surface area contributed by atoms with E-state index in [2.05, 4.69) is 30.6 Å². The average Bonchev–Trinajstić information content (AvgIpc) is 3.32. The molecule has 4 aromatic rings. The van der Waals surface area contributed by atoms with Crippen LogP contribution < -0.4 is 10.1 Å². The first-order valence-corrected chi connectivity index (χ1v) is 8.36. The van der Waals surface area contributed by atoms with Crippen LogP contribution in [0.25, 0.3) is 5.82 Å². The quantitative estimate of drug-likeness (QED) is 0.568. The van der Waals surface area contributed by atoms with Crippen LogP contribution in [0.3, 0.4) is 0 Å². The molecule has 1 aromatic carbocycles. The monoisotopic (exact) mass is 376 g/mol. The Morgan fingerprint density at radius 1 is 1.14 bits per heavy atom. The van der Waals surface area contributed by atoms with Crippen molar-refractivity contribution in [3.05, 3.63) is 66.8 Å². The lowest BCUT2D eigenvalue weighted by atomic mass is 10.3. The molecule has 0 aliphatic heterocycles. The topological polar surface area (TPSA) is 113 Å². The molecule has 4 rings (SSSR count). The zero-order valence-corrected chi connectivity index (χ0v) is 15.1. The number of aromatic nitrogens is 7. The van der Waals surface area contributed by atoms with Gasteiger partial charge in [0.1, 0.15) is 23.7 Å². The predicted molar refractivity (Wildman–Crippen MR) is 99.4 cm³/mol. The lowest BCUT2D eigenvalue weighted by Crippen LogP contribution is -2.12. The molecule has 3 heterocycles. The van der Waals surface area contributed by atoms with E-state index in [9.17, 15) is 4.79 Å². The van der Waals surface area contributed by atoms with Crippen LogP contribution in [-0.4, -0.2) is 40.4 Å². The van der Waals surface area contributed by atoms with Crippen molar-refractivity contribution in [1.82, 2.24) is 34.5 Å². The molecule has 0 saturated carbocycles. The molecule has 3 aromatic heterocycles. The molecule has 140 valence electrons. The molecule has 0 unspecified atom stereocenters. The van der Waals surface area contributed by atoms with Crippen molar-refractivity contribution < 1.29 is 9.53 Å². The van der Waals surface area contributed by atoms with Crippen molar-refractivity contribution in [2.24, 2.45) is 7.05 Å². The second-order valence-electron chi connectivity index (χ2n) is 5.92. The third-order valence-corrected chi connectivity index (χ3v) is 3.87. The Hall–Kier alpha value is -4.08. The van der Waals surface area contributed by atoms with Gasteiger partial charge in [-0.3, -0.25) is 14.0 Å². The second-order valence-corrected chi connectivity index (χ2v) is 5.92. The maximum absolute atomic E-state index is 12.1. The van der Waals surface area contributed by atoms with E-state index in [0.717, 1.165) is 5.82 Å². The minimum absolute atomic E-state index is 0.242. The number of anilines is 1. The summed E-state index contributed by atoms with van der Waals surface area (Å²) in [6.45, 7) is 1.89. The molecule has 1 amide bonds. The molecule has 1 N–H and O–H groups in total. The molecule has 0 spiro atoms. The lowest BCUT2D eigenvalue weighted by Gasteiger charge is -2.08. The maximum atomic E-state index is 12.1. The Labute approximate surface area is 159 Å². The Balaban J connectivity index is 1.45. The summed E-state index contributed by atoms with van der Waals surface area (Å²) >= 11 is 0. The minimum Gasteiger partial charge on any atom is -0.439 e. The van der Waals surface area contributed by atoms with Crippen LogP contribution >= 0.6 is 0 Å². The number of ether oxygens (including phenoxy) is 1. The number of benzene rings is 1. The van der Waals surface area contributed by atoms with Crippen molar-refractivity contribution in [2.75, 3.05) is 5.32 Å². The molecule has 0 aliphatic carbocycles. The van der Waals surface area contributed by atoms with Gasteiger partial charge >= 0.3 is 0 Å². The number of hydrogen-bond acceptors (Lipinski definition) is 7. The number of hydrogen-bond donors (Lipinski definition) is 1. The van der Waals surface area contributed by atoms with E-state index in [4.69, 9.17) is 4.74 Å². The molecule has 10 heteroatoms. The Morgan fingerprint density at radius 2 is 1.96 bits per heavy atom. The van der Waals surface area contributed by atoms with E-state index < -0.39 is 0 Å². The van der Waals surface area contributed by atoms with Crippen molar-refractivity contribution >= 4 is 11.6 Å². The van der Waals surface area contributed by atoms with E-state index in [1.807, 2.05) is 17.7 Å². The van der Waals surface area contributed by atoms with Gasteiger partial charge in [0.15, 0.2) is 5.69 Å². The summed E-state index contributed by atoms with van der Waals surface area (Å²) in [5.41, 5.74) is 0.853. The van der Waals surface area contributed by atoms with Crippen molar-refractivity contribution in [2.45, 2.75) is 6.92 Å². The largest absolute Gasteiger partial charge is 0.439 e.